The molecule has 1 amide bonds. The van der Waals surface area contributed by atoms with Gasteiger partial charge in [0.1, 0.15) is 23.4 Å². The normalized spacial score (nSPS) is 19.7. The van der Waals surface area contributed by atoms with Crippen molar-refractivity contribution in [3.05, 3.63) is 48.7 Å². The maximum atomic E-state index is 13.3. The van der Waals surface area contributed by atoms with Gasteiger partial charge in [0.15, 0.2) is 5.82 Å². The molecule has 0 bridgehead atoms. The molecule has 1 aliphatic heterocycles. The lowest BCUT2D eigenvalue weighted by Gasteiger charge is -2.42. The van der Waals surface area contributed by atoms with Crippen LogP contribution in [-0.4, -0.2) is 44.6 Å². The van der Waals surface area contributed by atoms with E-state index in [1.165, 1.54) is 25.0 Å². The number of anilines is 2. The fraction of sp³-hybridized carbons (Fsp3) is 0.364. The van der Waals surface area contributed by atoms with E-state index in [1.807, 2.05) is 6.92 Å². The molecule has 1 fully saturated rings. The van der Waals surface area contributed by atoms with Gasteiger partial charge in [0, 0.05) is 31.0 Å². The Labute approximate surface area is 174 Å². The Balaban J connectivity index is 1.61. The van der Waals surface area contributed by atoms with Gasteiger partial charge in [-0.2, -0.15) is 4.98 Å². The highest BCUT2D eigenvalue weighted by molar-refractivity contribution is 6.04. The lowest BCUT2D eigenvalue weighted by Crippen LogP contribution is -2.55. The number of amides is 1. The molecule has 0 radical (unpaired) electrons. The van der Waals surface area contributed by atoms with Crippen LogP contribution in [0, 0.1) is 11.7 Å². The highest BCUT2D eigenvalue weighted by Gasteiger charge is 2.42. The van der Waals surface area contributed by atoms with Crippen LogP contribution in [0.15, 0.2) is 42.9 Å². The SMILES string of the molecule is CC1C(=O)N(C)c2cnc(-n3ccnc3-c3ccc(F)cc3)nc2N1C(C)C1CC1. The summed E-state index contributed by atoms with van der Waals surface area (Å²) in [5.41, 5.74) is 1.48. The molecule has 1 saturated carbocycles. The molecule has 2 unspecified atom stereocenters. The van der Waals surface area contributed by atoms with Gasteiger partial charge < -0.3 is 9.80 Å². The Morgan fingerprint density at radius 3 is 2.60 bits per heavy atom. The molecule has 3 heterocycles. The van der Waals surface area contributed by atoms with Gasteiger partial charge in [-0.15, -0.1) is 0 Å². The summed E-state index contributed by atoms with van der Waals surface area (Å²) < 4.78 is 15.1. The number of rotatable bonds is 4. The molecular formula is C22H23FN6O. The summed E-state index contributed by atoms with van der Waals surface area (Å²) in [6.07, 6.45) is 7.51. The zero-order valence-corrected chi connectivity index (χ0v) is 17.2. The fourth-order valence-electron chi connectivity index (χ4n) is 4.23. The van der Waals surface area contributed by atoms with E-state index in [1.54, 1.807) is 47.2 Å². The first-order chi connectivity index (χ1) is 14.5. The first-order valence-corrected chi connectivity index (χ1v) is 10.2. The topological polar surface area (TPSA) is 67.2 Å². The first-order valence-electron chi connectivity index (χ1n) is 10.2. The summed E-state index contributed by atoms with van der Waals surface area (Å²) in [6.45, 7) is 4.10. The van der Waals surface area contributed by atoms with Gasteiger partial charge in [-0.1, -0.05) is 0 Å². The summed E-state index contributed by atoms with van der Waals surface area (Å²) >= 11 is 0. The van der Waals surface area contributed by atoms with Crippen LogP contribution in [0.2, 0.25) is 0 Å². The highest BCUT2D eigenvalue weighted by Crippen LogP contribution is 2.42. The van der Waals surface area contributed by atoms with Crippen LogP contribution in [-0.2, 0) is 4.79 Å². The minimum absolute atomic E-state index is 0.0426. The molecule has 0 N–H and O–H groups in total. The number of aromatic nitrogens is 4. The number of benzene rings is 1. The monoisotopic (exact) mass is 406 g/mol. The summed E-state index contributed by atoms with van der Waals surface area (Å²) in [5, 5.41) is 0. The molecule has 7 nitrogen and oxygen atoms in total. The predicted octanol–water partition coefficient (Wildman–Crippen LogP) is 3.44. The molecule has 154 valence electrons. The van der Waals surface area contributed by atoms with Crippen molar-refractivity contribution in [1.82, 2.24) is 19.5 Å². The van der Waals surface area contributed by atoms with Crippen molar-refractivity contribution < 1.29 is 9.18 Å². The van der Waals surface area contributed by atoms with Gasteiger partial charge >= 0.3 is 0 Å². The Bertz CT molecular complexity index is 1110. The van der Waals surface area contributed by atoms with Crippen LogP contribution in [0.3, 0.4) is 0 Å². The van der Waals surface area contributed by atoms with E-state index >= 15 is 0 Å². The number of likely N-dealkylation sites (N-methyl/N-ethyl adjacent to an activating group) is 1. The van der Waals surface area contributed by atoms with Crippen LogP contribution in [0.25, 0.3) is 17.3 Å². The largest absolute Gasteiger partial charge is 0.340 e. The third-order valence-corrected chi connectivity index (χ3v) is 6.15. The van der Waals surface area contributed by atoms with E-state index in [9.17, 15) is 9.18 Å². The molecule has 2 aliphatic rings. The molecule has 30 heavy (non-hydrogen) atoms. The van der Waals surface area contributed by atoms with E-state index < -0.39 is 0 Å². The van der Waals surface area contributed by atoms with E-state index in [4.69, 9.17) is 4.98 Å². The molecule has 0 spiro atoms. The number of hydrogen-bond acceptors (Lipinski definition) is 5. The standard InChI is InChI=1S/C22H23FN6O/c1-13(15-4-5-15)29-14(2)21(30)27(3)18-12-25-22(26-20(18)29)28-11-10-24-19(28)16-6-8-17(23)9-7-16/h6-15H,4-5H2,1-3H3. The van der Waals surface area contributed by atoms with E-state index in [-0.39, 0.29) is 23.8 Å². The summed E-state index contributed by atoms with van der Waals surface area (Å²) in [7, 11) is 1.76. The molecule has 3 aromatic rings. The van der Waals surface area contributed by atoms with E-state index in [0.29, 0.717) is 23.4 Å². The van der Waals surface area contributed by atoms with E-state index in [0.717, 1.165) is 11.4 Å². The summed E-state index contributed by atoms with van der Waals surface area (Å²) in [6, 6.07) is 6.11. The number of carbonyl (C=O) groups excluding carboxylic acids is 1. The Hall–Kier alpha value is -3.29. The maximum absolute atomic E-state index is 13.3. The molecule has 2 atom stereocenters. The van der Waals surface area contributed by atoms with Gasteiger partial charge in [-0.05, 0) is 56.9 Å². The second kappa shape index (κ2) is 6.90. The molecule has 0 saturated heterocycles. The maximum Gasteiger partial charge on any atom is 0.249 e. The minimum atomic E-state index is -0.298. The molecule has 8 heteroatoms. The van der Waals surface area contributed by atoms with Crippen molar-refractivity contribution in [2.45, 2.75) is 38.8 Å². The van der Waals surface area contributed by atoms with Crippen molar-refractivity contribution in [3.63, 3.8) is 0 Å². The Kier molecular flexibility index (Phi) is 4.30. The molecule has 2 aromatic heterocycles. The molecule has 1 aromatic carbocycles. The summed E-state index contributed by atoms with van der Waals surface area (Å²) in [5.74, 6) is 2.18. The molecule has 1 aliphatic carbocycles. The van der Waals surface area contributed by atoms with E-state index in [2.05, 4.69) is 21.8 Å². The first kappa shape index (κ1) is 18.7. The van der Waals surface area contributed by atoms with Crippen LogP contribution >= 0.6 is 0 Å². The number of fused-ring (bicyclic) bond motifs is 1. The van der Waals surface area contributed by atoms with Crippen molar-refractivity contribution in [1.29, 1.82) is 0 Å². The second-order valence-corrected chi connectivity index (χ2v) is 8.07. The third-order valence-electron chi connectivity index (χ3n) is 6.15. The van der Waals surface area contributed by atoms with Crippen molar-refractivity contribution in [2.24, 2.45) is 5.92 Å². The van der Waals surface area contributed by atoms with Gasteiger partial charge in [0.05, 0.1) is 6.20 Å². The number of hydrogen-bond donors (Lipinski definition) is 0. The lowest BCUT2D eigenvalue weighted by atomic mass is 10.1. The van der Waals surface area contributed by atoms with Crippen molar-refractivity contribution in [2.75, 3.05) is 16.8 Å². The highest BCUT2D eigenvalue weighted by atomic mass is 19.1. The summed E-state index contributed by atoms with van der Waals surface area (Å²) in [4.78, 5) is 30.4. The van der Waals surface area contributed by atoms with Crippen molar-refractivity contribution in [3.8, 4) is 17.3 Å². The number of carbonyl (C=O) groups is 1. The van der Waals surface area contributed by atoms with Crippen LogP contribution < -0.4 is 9.80 Å². The molecule has 5 rings (SSSR count). The Morgan fingerprint density at radius 2 is 1.90 bits per heavy atom. The molecular weight excluding hydrogens is 383 g/mol. The van der Waals surface area contributed by atoms with Crippen LogP contribution in [0.5, 0.6) is 0 Å². The number of nitrogens with zero attached hydrogens (tertiary/aromatic N) is 6. The van der Waals surface area contributed by atoms with Gasteiger partial charge in [-0.3, -0.25) is 9.36 Å². The van der Waals surface area contributed by atoms with Crippen LogP contribution in [0.1, 0.15) is 26.7 Å². The van der Waals surface area contributed by atoms with Crippen molar-refractivity contribution >= 4 is 17.4 Å². The lowest BCUT2D eigenvalue weighted by molar-refractivity contribution is -0.119. The predicted molar refractivity (Wildman–Crippen MR) is 112 cm³/mol. The van der Waals surface area contributed by atoms with Gasteiger partial charge in [0.25, 0.3) is 0 Å². The average Bonchev–Trinajstić information content (AvgIpc) is 3.49. The van der Waals surface area contributed by atoms with Gasteiger partial charge in [-0.25, -0.2) is 14.4 Å². The van der Waals surface area contributed by atoms with Gasteiger partial charge in [0.2, 0.25) is 11.9 Å². The fourth-order valence-corrected chi connectivity index (χ4v) is 4.23. The minimum Gasteiger partial charge on any atom is -0.340 e. The zero-order valence-electron chi connectivity index (χ0n) is 17.2. The average molecular weight is 406 g/mol. The quantitative estimate of drug-likeness (QED) is 0.664. The number of halogens is 1. The Morgan fingerprint density at radius 1 is 1.17 bits per heavy atom. The second-order valence-electron chi connectivity index (χ2n) is 8.07. The third kappa shape index (κ3) is 2.94. The van der Waals surface area contributed by atoms with Crippen LogP contribution in [0.4, 0.5) is 15.9 Å². The smallest absolute Gasteiger partial charge is 0.249 e. The number of imidazole rings is 1. The zero-order chi connectivity index (χ0) is 21.0.